The molecule has 100 valence electrons. The van der Waals surface area contributed by atoms with E-state index >= 15 is 0 Å². The van der Waals surface area contributed by atoms with E-state index in [1.165, 1.54) is 0 Å². The molecule has 1 aliphatic heterocycles. The van der Waals surface area contributed by atoms with Gasteiger partial charge in [0.1, 0.15) is 5.69 Å². The maximum atomic E-state index is 10.6. The highest BCUT2D eigenvalue weighted by molar-refractivity contribution is 5.82. The fourth-order valence-electron chi connectivity index (χ4n) is 2.05. The van der Waals surface area contributed by atoms with Gasteiger partial charge < -0.3 is 10.2 Å². The van der Waals surface area contributed by atoms with Crippen LogP contribution in [-0.2, 0) is 0 Å². The Morgan fingerprint density at radius 1 is 1.20 bits per heavy atom. The number of benzene rings is 1. The molecule has 1 N–H and O–H groups in total. The van der Waals surface area contributed by atoms with E-state index in [1.807, 2.05) is 24.5 Å². The van der Waals surface area contributed by atoms with Crippen molar-refractivity contribution >= 4 is 29.7 Å². The predicted octanol–water partition coefficient (Wildman–Crippen LogP) is 2.49. The molecule has 2 heterocycles. The second kappa shape index (κ2) is 5.52. The van der Waals surface area contributed by atoms with Gasteiger partial charge in [-0.05, 0) is 30.3 Å². The van der Waals surface area contributed by atoms with Crippen molar-refractivity contribution in [2.75, 3.05) is 23.3 Å². The molecule has 0 unspecified atom stereocenters. The Bertz CT molecular complexity index is 637. The highest BCUT2D eigenvalue weighted by Gasteiger charge is 2.08. The number of hydrogen-bond acceptors (Lipinski definition) is 5. The van der Waals surface area contributed by atoms with Crippen molar-refractivity contribution in [3.05, 3.63) is 48.3 Å². The van der Waals surface area contributed by atoms with Gasteiger partial charge in [-0.3, -0.25) is 14.8 Å². The Morgan fingerprint density at radius 2 is 2.15 bits per heavy atom. The third-order valence-corrected chi connectivity index (χ3v) is 3.06. The van der Waals surface area contributed by atoms with Gasteiger partial charge in [0.2, 0.25) is 0 Å². The van der Waals surface area contributed by atoms with E-state index < -0.39 is 0 Å². The number of aromatic nitrogens is 1. The Morgan fingerprint density at radius 3 is 2.85 bits per heavy atom. The van der Waals surface area contributed by atoms with Crippen LogP contribution in [0.3, 0.4) is 0 Å². The largest absolute Gasteiger partial charge is 0.354 e. The first-order chi connectivity index (χ1) is 9.85. The van der Waals surface area contributed by atoms with Gasteiger partial charge in [-0.1, -0.05) is 6.07 Å². The molecule has 0 radical (unpaired) electrons. The molecule has 3 rings (SSSR count). The van der Waals surface area contributed by atoms with E-state index in [0.717, 1.165) is 36.4 Å². The summed E-state index contributed by atoms with van der Waals surface area (Å²) in [5, 5.41) is 3.27. The van der Waals surface area contributed by atoms with Gasteiger partial charge in [-0.15, -0.1) is 0 Å². The number of aliphatic imine (C=N–C) groups is 1. The summed E-state index contributed by atoms with van der Waals surface area (Å²) in [5.74, 6) is 0. The van der Waals surface area contributed by atoms with Crippen molar-refractivity contribution in [1.82, 2.24) is 4.98 Å². The van der Waals surface area contributed by atoms with Crippen LogP contribution in [0.2, 0.25) is 0 Å². The number of aldehydes is 1. The topological polar surface area (TPSA) is 57.6 Å². The van der Waals surface area contributed by atoms with Gasteiger partial charge in [-0.2, -0.15) is 0 Å². The van der Waals surface area contributed by atoms with E-state index in [0.29, 0.717) is 5.69 Å². The zero-order valence-corrected chi connectivity index (χ0v) is 10.9. The van der Waals surface area contributed by atoms with Gasteiger partial charge in [0, 0.05) is 17.9 Å². The average molecular weight is 266 g/mol. The fraction of sp³-hybridized carbons (Fsp3) is 0.133. The quantitative estimate of drug-likeness (QED) is 0.864. The summed E-state index contributed by atoms with van der Waals surface area (Å²) in [6, 6.07) is 11.6. The molecule has 0 bridgehead atoms. The number of anilines is 3. The van der Waals surface area contributed by atoms with Crippen LogP contribution in [0.5, 0.6) is 0 Å². The number of hydrogen-bond donors (Lipinski definition) is 1. The first-order valence-corrected chi connectivity index (χ1v) is 6.40. The molecule has 0 fully saturated rings. The van der Waals surface area contributed by atoms with Crippen molar-refractivity contribution in [2.45, 2.75) is 0 Å². The monoisotopic (exact) mass is 266 g/mol. The van der Waals surface area contributed by atoms with Gasteiger partial charge in [0.15, 0.2) is 6.29 Å². The first kappa shape index (κ1) is 12.3. The lowest BCUT2D eigenvalue weighted by Gasteiger charge is -2.15. The molecular formula is C15H14N4O. The fourth-order valence-corrected chi connectivity index (χ4v) is 2.05. The van der Waals surface area contributed by atoms with E-state index in [9.17, 15) is 4.79 Å². The molecule has 0 spiro atoms. The summed E-state index contributed by atoms with van der Waals surface area (Å²) in [7, 11) is 0. The molecule has 0 amide bonds. The van der Waals surface area contributed by atoms with E-state index in [4.69, 9.17) is 0 Å². The second-order valence-electron chi connectivity index (χ2n) is 4.48. The lowest BCUT2D eigenvalue weighted by atomic mass is 10.2. The standard InChI is InChI=1S/C15H14N4O/c20-10-14-5-4-13(9-17-14)18-12-2-1-3-15(8-12)19-7-6-16-11-19/h1-5,8-11,18H,6-7H2. The molecule has 0 saturated carbocycles. The number of nitrogens with one attached hydrogen (secondary N) is 1. The maximum Gasteiger partial charge on any atom is 0.168 e. The Labute approximate surface area is 117 Å². The van der Waals surface area contributed by atoms with Crippen LogP contribution in [0.4, 0.5) is 17.1 Å². The van der Waals surface area contributed by atoms with Crippen molar-refractivity contribution in [3.8, 4) is 0 Å². The smallest absolute Gasteiger partial charge is 0.168 e. The number of pyridine rings is 1. The zero-order chi connectivity index (χ0) is 13.8. The zero-order valence-electron chi connectivity index (χ0n) is 10.9. The molecule has 0 atom stereocenters. The van der Waals surface area contributed by atoms with Crippen LogP contribution in [-0.4, -0.2) is 30.7 Å². The van der Waals surface area contributed by atoms with Crippen LogP contribution < -0.4 is 10.2 Å². The van der Waals surface area contributed by atoms with Crippen molar-refractivity contribution in [3.63, 3.8) is 0 Å². The molecule has 5 nitrogen and oxygen atoms in total. The molecule has 20 heavy (non-hydrogen) atoms. The Kier molecular flexibility index (Phi) is 3.41. The minimum Gasteiger partial charge on any atom is -0.354 e. The molecule has 1 aromatic carbocycles. The third kappa shape index (κ3) is 2.66. The second-order valence-corrected chi connectivity index (χ2v) is 4.48. The lowest BCUT2D eigenvalue weighted by molar-refractivity contribution is 0.111. The van der Waals surface area contributed by atoms with Crippen molar-refractivity contribution < 1.29 is 4.79 Å². The van der Waals surface area contributed by atoms with Gasteiger partial charge in [0.25, 0.3) is 0 Å². The summed E-state index contributed by atoms with van der Waals surface area (Å²) < 4.78 is 0. The summed E-state index contributed by atoms with van der Waals surface area (Å²) in [5.41, 5.74) is 3.36. The Hall–Kier alpha value is -2.69. The van der Waals surface area contributed by atoms with Crippen LogP contribution in [0.1, 0.15) is 10.5 Å². The number of carbonyl (C=O) groups excluding carboxylic acids is 1. The average Bonchev–Trinajstić information content (AvgIpc) is 3.03. The molecule has 0 saturated heterocycles. The van der Waals surface area contributed by atoms with Crippen LogP contribution >= 0.6 is 0 Å². The third-order valence-electron chi connectivity index (χ3n) is 3.06. The van der Waals surface area contributed by atoms with Crippen LogP contribution in [0, 0.1) is 0 Å². The maximum absolute atomic E-state index is 10.6. The van der Waals surface area contributed by atoms with Gasteiger partial charge in [-0.25, -0.2) is 0 Å². The predicted molar refractivity (Wildman–Crippen MR) is 80.1 cm³/mol. The summed E-state index contributed by atoms with van der Waals surface area (Å²) in [6.45, 7) is 1.76. The lowest BCUT2D eigenvalue weighted by Crippen LogP contribution is -2.17. The SMILES string of the molecule is O=Cc1ccc(Nc2cccc(N3C=NCC3)c2)cn1. The summed E-state index contributed by atoms with van der Waals surface area (Å²) >= 11 is 0. The van der Waals surface area contributed by atoms with E-state index in [-0.39, 0.29) is 0 Å². The first-order valence-electron chi connectivity index (χ1n) is 6.40. The van der Waals surface area contributed by atoms with E-state index in [1.54, 1.807) is 12.3 Å². The summed E-state index contributed by atoms with van der Waals surface area (Å²) in [4.78, 5) is 20.9. The number of rotatable bonds is 4. The molecule has 0 aliphatic carbocycles. The van der Waals surface area contributed by atoms with Gasteiger partial charge >= 0.3 is 0 Å². The molecular weight excluding hydrogens is 252 g/mol. The minimum atomic E-state index is 0.428. The van der Waals surface area contributed by atoms with Gasteiger partial charge in [0.05, 0.1) is 24.8 Å². The summed E-state index contributed by atoms with van der Waals surface area (Å²) in [6.07, 6.45) is 4.24. The molecule has 1 aliphatic rings. The molecule has 5 heteroatoms. The van der Waals surface area contributed by atoms with Crippen molar-refractivity contribution in [1.29, 1.82) is 0 Å². The van der Waals surface area contributed by atoms with Crippen molar-refractivity contribution in [2.24, 2.45) is 4.99 Å². The number of carbonyl (C=O) groups is 1. The Balaban J connectivity index is 1.77. The molecule has 2 aromatic rings. The minimum absolute atomic E-state index is 0.428. The molecule has 1 aromatic heterocycles. The highest BCUT2D eigenvalue weighted by atomic mass is 16.1. The normalized spacial score (nSPS) is 13.5. The van der Waals surface area contributed by atoms with E-state index in [2.05, 4.69) is 32.3 Å². The van der Waals surface area contributed by atoms with Crippen LogP contribution in [0.25, 0.3) is 0 Å². The highest BCUT2D eigenvalue weighted by Crippen LogP contribution is 2.22. The van der Waals surface area contributed by atoms with Crippen LogP contribution in [0.15, 0.2) is 47.6 Å². The number of nitrogens with zero attached hydrogens (tertiary/aromatic N) is 3.